The van der Waals surface area contributed by atoms with Gasteiger partial charge in [0.05, 0.1) is 19.9 Å². The number of amides is 1. The fourth-order valence-corrected chi connectivity index (χ4v) is 2.81. The Hall–Kier alpha value is -3.01. The molecule has 0 radical (unpaired) electrons. The SMILES string of the molecule is COc1ccc([C@H](CC(=O)NCc2ccco2)c2ccccc2)cc1. The van der Waals surface area contributed by atoms with Crippen molar-refractivity contribution < 1.29 is 13.9 Å². The highest BCUT2D eigenvalue weighted by Crippen LogP contribution is 2.29. The molecule has 1 N–H and O–H groups in total. The maximum atomic E-state index is 12.4. The zero-order chi connectivity index (χ0) is 17.5. The van der Waals surface area contributed by atoms with Crippen molar-refractivity contribution in [3.63, 3.8) is 0 Å². The lowest BCUT2D eigenvalue weighted by atomic mass is 9.88. The second kappa shape index (κ2) is 8.20. The van der Waals surface area contributed by atoms with E-state index in [-0.39, 0.29) is 11.8 Å². The molecule has 25 heavy (non-hydrogen) atoms. The summed E-state index contributed by atoms with van der Waals surface area (Å²) in [6.45, 7) is 0.399. The van der Waals surface area contributed by atoms with Crippen LogP contribution in [-0.4, -0.2) is 13.0 Å². The van der Waals surface area contributed by atoms with Gasteiger partial charge in [-0.2, -0.15) is 0 Å². The molecule has 0 aliphatic heterocycles. The standard InChI is InChI=1S/C21H21NO3/c1-24-18-11-9-17(10-12-18)20(16-6-3-2-4-7-16)14-21(23)22-15-19-8-5-13-25-19/h2-13,20H,14-15H2,1H3,(H,22,23)/t20-/m1/s1. The zero-order valence-corrected chi connectivity index (χ0v) is 14.1. The monoisotopic (exact) mass is 335 g/mol. The van der Waals surface area contributed by atoms with Gasteiger partial charge in [-0.15, -0.1) is 0 Å². The number of rotatable bonds is 7. The molecule has 0 unspecified atom stereocenters. The Balaban J connectivity index is 1.75. The summed E-state index contributed by atoms with van der Waals surface area (Å²) >= 11 is 0. The molecule has 0 spiro atoms. The molecule has 1 atom stereocenters. The first-order valence-corrected chi connectivity index (χ1v) is 8.24. The van der Waals surface area contributed by atoms with Gasteiger partial charge in [0, 0.05) is 12.3 Å². The molecule has 0 saturated heterocycles. The van der Waals surface area contributed by atoms with Gasteiger partial charge >= 0.3 is 0 Å². The average Bonchev–Trinajstić information content (AvgIpc) is 3.19. The van der Waals surface area contributed by atoms with E-state index in [4.69, 9.17) is 9.15 Å². The predicted octanol–water partition coefficient (Wildman–Crippen LogP) is 4.13. The number of benzene rings is 2. The van der Waals surface area contributed by atoms with E-state index in [2.05, 4.69) is 17.4 Å². The fraction of sp³-hybridized carbons (Fsp3) is 0.190. The molecule has 3 rings (SSSR count). The van der Waals surface area contributed by atoms with E-state index in [0.717, 1.165) is 22.6 Å². The van der Waals surface area contributed by atoms with Crippen LogP contribution >= 0.6 is 0 Å². The Morgan fingerprint density at radius 2 is 1.72 bits per heavy atom. The molecule has 128 valence electrons. The molecule has 0 saturated carbocycles. The van der Waals surface area contributed by atoms with Gasteiger partial charge in [-0.05, 0) is 35.4 Å². The molecule has 0 aliphatic carbocycles. The van der Waals surface area contributed by atoms with Gasteiger partial charge in [-0.25, -0.2) is 0 Å². The minimum Gasteiger partial charge on any atom is -0.497 e. The maximum absolute atomic E-state index is 12.4. The topological polar surface area (TPSA) is 51.5 Å². The second-order valence-corrected chi connectivity index (χ2v) is 5.80. The van der Waals surface area contributed by atoms with Gasteiger partial charge in [-0.1, -0.05) is 42.5 Å². The molecular formula is C21H21NO3. The highest BCUT2D eigenvalue weighted by molar-refractivity contribution is 5.77. The molecule has 1 aromatic heterocycles. The number of hydrogen-bond acceptors (Lipinski definition) is 3. The first-order valence-electron chi connectivity index (χ1n) is 8.24. The van der Waals surface area contributed by atoms with Crippen LogP contribution < -0.4 is 10.1 Å². The Morgan fingerprint density at radius 3 is 2.36 bits per heavy atom. The normalized spacial score (nSPS) is 11.7. The predicted molar refractivity (Wildman–Crippen MR) is 96.5 cm³/mol. The maximum Gasteiger partial charge on any atom is 0.221 e. The van der Waals surface area contributed by atoms with Crippen molar-refractivity contribution in [1.29, 1.82) is 0 Å². The van der Waals surface area contributed by atoms with Crippen molar-refractivity contribution in [3.8, 4) is 5.75 Å². The number of ether oxygens (including phenoxy) is 1. The van der Waals surface area contributed by atoms with Crippen LogP contribution in [0.4, 0.5) is 0 Å². The van der Waals surface area contributed by atoms with Crippen molar-refractivity contribution in [2.24, 2.45) is 0 Å². The molecule has 0 aliphatic rings. The summed E-state index contributed by atoms with van der Waals surface area (Å²) in [5, 5.41) is 2.92. The Labute approximate surface area is 147 Å². The van der Waals surface area contributed by atoms with Gasteiger partial charge in [0.1, 0.15) is 11.5 Å². The number of carbonyl (C=O) groups excluding carboxylic acids is 1. The summed E-state index contributed by atoms with van der Waals surface area (Å²) in [4.78, 5) is 12.4. The third-order valence-corrected chi connectivity index (χ3v) is 4.15. The van der Waals surface area contributed by atoms with Gasteiger partial charge in [-0.3, -0.25) is 4.79 Å². The van der Waals surface area contributed by atoms with Crippen LogP contribution in [0.5, 0.6) is 5.75 Å². The molecular weight excluding hydrogens is 314 g/mol. The highest BCUT2D eigenvalue weighted by atomic mass is 16.5. The summed E-state index contributed by atoms with van der Waals surface area (Å²) in [5.41, 5.74) is 2.20. The highest BCUT2D eigenvalue weighted by Gasteiger charge is 2.18. The van der Waals surface area contributed by atoms with Gasteiger partial charge in [0.2, 0.25) is 5.91 Å². The van der Waals surface area contributed by atoms with Crippen LogP contribution in [0.3, 0.4) is 0 Å². The number of furan rings is 1. The Kier molecular flexibility index (Phi) is 5.52. The molecule has 0 bridgehead atoms. The Morgan fingerprint density at radius 1 is 1.00 bits per heavy atom. The van der Waals surface area contributed by atoms with Crippen molar-refractivity contribution in [2.75, 3.05) is 7.11 Å². The molecule has 0 fully saturated rings. The lowest BCUT2D eigenvalue weighted by molar-refractivity contribution is -0.121. The minimum atomic E-state index is -0.0129. The van der Waals surface area contributed by atoms with E-state index in [1.165, 1.54) is 0 Å². The molecule has 4 heteroatoms. The smallest absolute Gasteiger partial charge is 0.221 e. The van der Waals surface area contributed by atoms with Crippen molar-refractivity contribution >= 4 is 5.91 Å². The molecule has 4 nitrogen and oxygen atoms in total. The largest absolute Gasteiger partial charge is 0.497 e. The lowest BCUT2D eigenvalue weighted by Crippen LogP contribution is -2.24. The third-order valence-electron chi connectivity index (χ3n) is 4.15. The number of hydrogen-bond donors (Lipinski definition) is 1. The van der Waals surface area contributed by atoms with Crippen LogP contribution in [0.2, 0.25) is 0 Å². The van der Waals surface area contributed by atoms with E-state index in [0.29, 0.717) is 13.0 Å². The van der Waals surface area contributed by atoms with Crippen LogP contribution in [0.25, 0.3) is 0 Å². The average molecular weight is 335 g/mol. The quantitative estimate of drug-likeness (QED) is 0.706. The van der Waals surface area contributed by atoms with Gasteiger partial charge < -0.3 is 14.5 Å². The van der Waals surface area contributed by atoms with Gasteiger partial charge in [0.15, 0.2) is 0 Å². The minimum absolute atomic E-state index is 0.0105. The molecule has 1 heterocycles. The van der Waals surface area contributed by atoms with Crippen LogP contribution in [0, 0.1) is 0 Å². The lowest BCUT2D eigenvalue weighted by Gasteiger charge is -2.18. The first kappa shape index (κ1) is 16.8. The Bertz CT molecular complexity index is 780. The van der Waals surface area contributed by atoms with Crippen LogP contribution in [0.15, 0.2) is 77.4 Å². The van der Waals surface area contributed by atoms with Gasteiger partial charge in [0.25, 0.3) is 0 Å². The van der Waals surface area contributed by atoms with Crippen LogP contribution in [0.1, 0.15) is 29.2 Å². The molecule has 3 aromatic rings. The number of carbonyl (C=O) groups is 1. The van der Waals surface area contributed by atoms with Crippen molar-refractivity contribution in [3.05, 3.63) is 89.9 Å². The van der Waals surface area contributed by atoms with E-state index >= 15 is 0 Å². The molecule has 2 aromatic carbocycles. The van der Waals surface area contributed by atoms with E-state index < -0.39 is 0 Å². The fourth-order valence-electron chi connectivity index (χ4n) is 2.81. The van der Waals surface area contributed by atoms with Crippen molar-refractivity contribution in [2.45, 2.75) is 18.9 Å². The summed E-state index contributed by atoms with van der Waals surface area (Å²) in [6, 6.07) is 21.6. The van der Waals surface area contributed by atoms with E-state index in [1.807, 2.05) is 54.6 Å². The zero-order valence-electron chi connectivity index (χ0n) is 14.1. The number of nitrogens with one attached hydrogen (secondary N) is 1. The number of methoxy groups -OCH3 is 1. The summed E-state index contributed by atoms with van der Waals surface area (Å²) in [7, 11) is 1.64. The summed E-state index contributed by atoms with van der Waals surface area (Å²) in [5.74, 6) is 1.52. The summed E-state index contributed by atoms with van der Waals surface area (Å²) < 4.78 is 10.5. The van der Waals surface area contributed by atoms with Crippen LogP contribution in [-0.2, 0) is 11.3 Å². The van der Waals surface area contributed by atoms with E-state index in [1.54, 1.807) is 13.4 Å². The third kappa shape index (κ3) is 4.51. The first-order chi connectivity index (χ1) is 12.3. The second-order valence-electron chi connectivity index (χ2n) is 5.80. The summed E-state index contributed by atoms with van der Waals surface area (Å²) in [6.07, 6.45) is 1.97. The molecule has 1 amide bonds. The van der Waals surface area contributed by atoms with Crippen molar-refractivity contribution in [1.82, 2.24) is 5.32 Å². The van der Waals surface area contributed by atoms with E-state index in [9.17, 15) is 4.79 Å².